The van der Waals surface area contributed by atoms with E-state index in [9.17, 15) is 8.42 Å². The van der Waals surface area contributed by atoms with Crippen LogP contribution in [0.1, 0.15) is 10.6 Å². The third-order valence-corrected chi connectivity index (χ3v) is 5.61. The number of nitrogens with zero attached hydrogens (tertiary/aromatic N) is 4. The predicted octanol–water partition coefficient (Wildman–Crippen LogP) is 2.14. The van der Waals surface area contributed by atoms with Gasteiger partial charge >= 0.3 is 0 Å². The lowest BCUT2D eigenvalue weighted by Crippen LogP contribution is -2.14. The first-order valence-electron chi connectivity index (χ1n) is 6.36. The Morgan fingerprint density at radius 2 is 2.05 bits per heavy atom. The lowest BCUT2D eigenvalue weighted by molar-refractivity contribution is 0.603. The highest BCUT2D eigenvalue weighted by atomic mass is 32.2. The molecule has 1 N–H and O–H groups in total. The van der Waals surface area contributed by atoms with E-state index >= 15 is 0 Å². The fourth-order valence-electron chi connectivity index (χ4n) is 1.87. The summed E-state index contributed by atoms with van der Waals surface area (Å²) in [6.45, 7) is 3.67. The number of thiazole rings is 1. The van der Waals surface area contributed by atoms with Crippen LogP contribution in [0.2, 0.25) is 0 Å². The van der Waals surface area contributed by atoms with Gasteiger partial charge in [0.05, 0.1) is 35.0 Å². The molecule has 3 heterocycles. The predicted molar refractivity (Wildman–Crippen MR) is 83.8 cm³/mol. The third-order valence-electron chi connectivity index (χ3n) is 2.87. The van der Waals surface area contributed by atoms with Crippen LogP contribution in [0.5, 0.6) is 0 Å². The molecule has 0 saturated carbocycles. The van der Waals surface area contributed by atoms with Gasteiger partial charge in [0.25, 0.3) is 10.0 Å². The highest BCUT2D eigenvalue weighted by molar-refractivity contribution is 7.94. The Hall–Kier alpha value is -2.26. The number of sulfonamides is 1. The van der Waals surface area contributed by atoms with Crippen molar-refractivity contribution in [1.29, 1.82) is 0 Å². The average molecular weight is 335 g/mol. The van der Waals surface area contributed by atoms with E-state index in [2.05, 4.69) is 19.8 Å². The van der Waals surface area contributed by atoms with Crippen molar-refractivity contribution in [2.45, 2.75) is 18.1 Å². The van der Waals surface area contributed by atoms with Crippen molar-refractivity contribution in [2.75, 3.05) is 4.72 Å². The lowest BCUT2D eigenvalue weighted by atomic mass is 10.3. The van der Waals surface area contributed by atoms with Gasteiger partial charge in [-0.1, -0.05) is 0 Å². The fourth-order valence-corrected chi connectivity index (χ4v) is 4.04. The molecule has 114 valence electrons. The Bertz CT molecular complexity index is 914. The second kappa shape index (κ2) is 5.50. The first kappa shape index (κ1) is 14.7. The van der Waals surface area contributed by atoms with E-state index in [-0.39, 0.29) is 4.21 Å². The highest BCUT2D eigenvalue weighted by Crippen LogP contribution is 2.24. The van der Waals surface area contributed by atoms with Crippen molar-refractivity contribution in [3.05, 3.63) is 47.6 Å². The molecular weight excluding hydrogens is 322 g/mol. The maximum atomic E-state index is 12.4. The zero-order valence-electron chi connectivity index (χ0n) is 11.9. The van der Waals surface area contributed by atoms with Crippen molar-refractivity contribution in [2.24, 2.45) is 0 Å². The normalized spacial score (nSPS) is 11.5. The van der Waals surface area contributed by atoms with Crippen molar-refractivity contribution >= 4 is 27.0 Å². The molecule has 0 fully saturated rings. The molecular formula is C13H13N5O2S2. The Morgan fingerprint density at radius 1 is 1.23 bits per heavy atom. The molecule has 3 rings (SSSR count). The number of pyridine rings is 1. The molecule has 0 bridgehead atoms. The van der Waals surface area contributed by atoms with Crippen LogP contribution in [0.3, 0.4) is 0 Å². The maximum absolute atomic E-state index is 12.4. The summed E-state index contributed by atoms with van der Waals surface area (Å²) in [7, 11) is -3.69. The lowest BCUT2D eigenvalue weighted by Gasteiger charge is -2.10. The average Bonchev–Trinajstić information content (AvgIpc) is 3.08. The number of hydrogen-bond donors (Lipinski definition) is 1. The quantitative estimate of drug-likeness (QED) is 0.789. The van der Waals surface area contributed by atoms with Gasteiger partial charge in [-0.3, -0.25) is 9.71 Å². The van der Waals surface area contributed by atoms with E-state index < -0.39 is 10.0 Å². The minimum Gasteiger partial charge on any atom is -0.275 e. The Labute approximate surface area is 131 Å². The molecule has 7 nitrogen and oxygen atoms in total. The summed E-state index contributed by atoms with van der Waals surface area (Å²) in [6.07, 6.45) is 7.89. The van der Waals surface area contributed by atoms with Crippen molar-refractivity contribution in [3.63, 3.8) is 0 Å². The summed E-state index contributed by atoms with van der Waals surface area (Å²) in [5.74, 6) is 0. The Balaban J connectivity index is 2.00. The summed E-state index contributed by atoms with van der Waals surface area (Å²) in [4.78, 5) is 7.96. The van der Waals surface area contributed by atoms with Crippen LogP contribution in [-0.2, 0) is 10.0 Å². The van der Waals surface area contributed by atoms with E-state index in [1.807, 2.05) is 13.1 Å². The summed E-state index contributed by atoms with van der Waals surface area (Å²) in [6, 6.07) is 1.70. The first-order chi connectivity index (χ1) is 10.5. The van der Waals surface area contributed by atoms with E-state index in [1.165, 1.54) is 12.4 Å². The SMILES string of the molecule is Cc1cnn(-c2ccncc2NS(=O)(=O)c2cnc(C)s2)c1. The molecule has 22 heavy (non-hydrogen) atoms. The molecule has 0 saturated heterocycles. The van der Waals surface area contributed by atoms with Gasteiger partial charge in [-0.25, -0.2) is 18.1 Å². The minimum absolute atomic E-state index is 0.163. The van der Waals surface area contributed by atoms with Gasteiger partial charge in [0.15, 0.2) is 4.21 Å². The number of aryl methyl sites for hydroxylation is 2. The largest absolute Gasteiger partial charge is 0.275 e. The van der Waals surface area contributed by atoms with Gasteiger partial charge in [-0.2, -0.15) is 5.10 Å². The van der Waals surface area contributed by atoms with Gasteiger partial charge in [-0.15, -0.1) is 11.3 Å². The third kappa shape index (κ3) is 2.85. The van der Waals surface area contributed by atoms with E-state index in [4.69, 9.17) is 0 Å². The van der Waals surface area contributed by atoms with Gasteiger partial charge in [0.1, 0.15) is 0 Å². The molecule has 0 aliphatic heterocycles. The number of anilines is 1. The maximum Gasteiger partial charge on any atom is 0.273 e. The molecule has 0 spiro atoms. The number of hydrogen-bond acceptors (Lipinski definition) is 6. The fraction of sp³-hybridized carbons (Fsp3) is 0.154. The van der Waals surface area contributed by atoms with Crippen LogP contribution in [0, 0.1) is 13.8 Å². The summed E-state index contributed by atoms with van der Waals surface area (Å²) in [5, 5.41) is 4.89. The van der Waals surface area contributed by atoms with Crippen LogP contribution in [-0.4, -0.2) is 28.2 Å². The van der Waals surface area contributed by atoms with Crippen LogP contribution in [0.15, 0.2) is 41.3 Å². The molecule has 0 unspecified atom stereocenters. The van der Waals surface area contributed by atoms with E-state index in [1.54, 1.807) is 30.1 Å². The molecule has 0 aromatic carbocycles. The zero-order chi connectivity index (χ0) is 15.7. The summed E-state index contributed by atoms with van der Waals surface area (Å²) >= 11 is 1.12. The number of nitrogens with one attached hydrogen (secondary N) is 1. The summed E-state index contributed by atoms with van der Waals surface area (Å²) < 4.78 is 29.1. The minimum atomic E-state index is -3.69. The Morgan fingerprint density at radius 3 is 2.68 bits per heavy atom. The summed E-state index contributed by atoms with van der Waals surface area (Å²) in [5.41, 5.74) is 1.94. The first-order valence-corrected chi connectivity index (χ1v) is 8.66. The van der Waals surface area contributed by atoms with Gasteiger partial charge in [0.2, 0.25) is 0 Å². The molecule has 0 atom stereocenters. The molecule has 9 heteroatoms. The zero-order valence-corrected chi connectivity index (χ0v) is 13.5. The van der Waals surface area contributed by atoms with Crippen LogP contribution >= 0.6 is 11.3 Å². The van der Waals surface area contributed by atoms with Gasteiger partial charge in [0, 0.05) is 12.4 Å². The molecule has 3 aromatic rings. The molecule has 0 radical (unpaired) electrons. The van der Waals surface area contributed by atoms with Gasteiger partial charge < -0.3 is 0 Å². The second-order valence-corrected chi connectivity index (χ2v) is 7.80. The molecule has 0 amide bonds. The van der Waals surface area contributed by atoms with Crippen LogP contribution in [0.4, 0.5) is 5.69 Å². The standard InChI is InChI=1S/C13H13N5O2S2/c1-9-5-16-18(8-9)12-3-4-14-6-11(12)17-22(19,20)13-7-15-10(2)21-13/h3-8,17H,1-2H3. The van der Waals surface area contributed by atoms with E-state index in [0.717, 1.165) is 16.9 Å². The Kier molecular flexibility index (Phi) is 3.67. The van der Waals surface area contributed by atoms with Crippen LogP contribution in [0.25, 0.3) is 5.69 Å². The highest BCUT2D eigenvalue weighted by Gasteiger charge is 2.19. The number of rotatable bonds is 4. The van der Waals surface area contributed by atoms with Crippen molar-refractivity contribution in [1.82, 2.24) is 19.7 Å². The topological polar surface area (TPSA) is 89.8 Å². The van der Waals surface area contributed by atoms with Crippen molar-refractivity contribution < 1.29 is 8.42 Å². The molecule has 3 aromatic heterocycles. The van der Waals surface area contributed by atoms with Crippen molar-refractivity contribution in [3.8, 4) is 5.69 Å². The smallest absolute Gasteiger partial charge is 0.273 e. The monoisotopic (exact) mass is 335 g/mol. The second-order valence-electron chi connectivity index (χ2n) is 4.66. The van der Waals surface area contributed by atoms with E-state index in [0.29, 0.717) is 16.4 Å². The number of aromatic nitrogens is 4. The molecule has 0 aliphatic rings. The van der Waals surface area contributed by atoms with Gasteiger partial charge in [-0.05, 0) is 25.5 Å². The van der Waals surface area contributed by atoms with Crippen LogP contribution < -0.4 is 4.72 Å². The molecule has 0 aliphatic carbocycles.